The Labute approximate surface area is 197 Å². The van der Waals surface area contributed by atoms with Crippen molar-refractivity contribution in [2.75, 3.05) is 36.4 Å². The summed E-state index contributed by atoms with van der Waals surface area (Å²) >= 11 is 13.4. The summed E-state index contributed by atoms with van der Waals surface area (Å²) in [6.07, 6.45) is 0. The van der Waals surface area contributed by atoms with E-state index in [-0.39, 0.29) is 11.7 Å². The van der Waals surface area contributed by atoms with Gasteiger partial charge in [0.05, 0.1) is 10.0 Å². The van der Waals surface area contributed by atoms with Crippen LogP contribution in [-0.2, 0) is 0 Å². The van der Waals surface area contributed by atoms with Crippen LogP contribution in [0.1, 0.15) is 10.5 Å². The maximum Gasteiger partial charge on any atom is 0.387 e. The van der Waals surface area contributed by atoms with Gasteiger partial charge >= 0.3 is 6.61 Å². The first kappa shape index (κ1) is 22.6. The molecule has 4 rings (SSSR count). The smallest absolute Gasteiger partial charge is 0.387 e. The highest BCUT2D eigenvalue weighted by Crippen LogP contribution is 2.28. The van der Waals surface area contributed by atoms with Gasteiger partial charge in [-0.3, -0.25) is 4.79 Å². The molecule has 1 aromatic heterocycles. The van der Waals surface area contributed by atoms with Crippen molar-refractivity contribution in [3.8, 4) is 5.75 Å². The Kier molecular flexibility index (Phi) is 6.98. The highest BCUT2D eigenvalue weighted by molar-refractivity contribution is 7.14. The van der Waals surface area contributed by atoms with E-state index in [2.05, 4.69) is 19.9 Å². The molecule has 1 amide bonds. The number of benzene rings is 2. The standard InChI is InChI=1S/C21H18Cl2F2N4O2S/c22-16-6-3-14(11-17(16)23)28-7-9-29(10-8-28)19(30)18-12-32-21(27-18)26-13-1-4-15(5-2-13)31-20(24)25/h1-6,11-12,20H,7-10H2,(H,26,27). The summed E-state index contributed by atoms with van der Waals surface area (Å²) in [5, 5.41) is 6.30. The molecule has 0 atom stereocenters. The number of alkyl halides is 2. The molecular formula is C21H18Cl2F2N4O2S. The van der Waals surface area contributed by atoms with Crippen molar-refractivity contribution in [1.82, 2.24) is 9.88 Å². The third-order valence-corrected chi connectivity index (χ3v) is 6.39. The number of rotatable bonds is 6. The summed E-state index contributed by atoms with van der Waals surface area (Å²) in [7, 11) is 0. The van der Waals surface area contributed by atoms with Crippen LogP contribution in [0.25, 0.3) is 0 Å². The van der Waals surface area contributed by atoms with Gasteiger partial charge in [-0.05, 0) is 42.5 Å². The van der Waals surface area contributed by atoms with Crippen LogP contribution in [0.15, 0.2) is 47.8 Å². The van der Waals surface area contributed by atoms with Crippen LogP contribution in [0, 0.1) is 0 Å². The lowest BCUT2D eigenvalue weighted by Crippen LogP contribution is -2.48. The average molecular weight is 499 g/mol. The Hall–Kier alpha value is -2.62. The number of hydrogen-bond acceptors (Lipinski definition) is 6. The van der Waals surface area contributed by atoms with Crippen LogP contribution in [0.3, 0.4) is 0 Å². The first-order valence-corrected chi connectivity index (χ1v) is 11.3. The minimum absolute atomic E-state index is 0.0700. The SMILES string of the molecule is O=C(c1csc(Nc2ccc(OC(F)F)cc2)n1)N1CCN(c2ccc(Cl)c(Cl)c2)CC1. The van der Waals surface area contributed by atoms with Gasteiger partial charge in [-0.25, -0.2) is 4.98 Å². The molecule has 32 heavy (non-hydrogen) atoms. The van der Waals surface area contributed by atoms with Gasteiger partial charge in [0.25, 0.3) is 5.91 Å². The van der Waals surface area contributed by atoms with Crippen LogP contribution in [0.2, 0.25) is 10.0 Å². The molecule has 11 heteroatoms. The highest BCUT2D eigenvalue weighted by atomic mass is 35.5. The lowest BCUT2D eigenvalue weighted by Gasteiger charge is -2.36. The summed E-state index contributed by atoms with van der Waals surface area (Å²) in [5.41, 5.74) is 1.98. The monoisotopic (exact) mass is 498 g/mol. The van der Waals surface area contributed by atoms with E-state index in [1.54, 1.807) is 28.5 Å². The molecular weight excluding hydrogens is 481 g/mol. The number of carbonyl (C=O) groups is 1. The van der Waals surface area contributed by atoms with E-state index in [4.69, 9.17) is 23.2 Å². The van der Waals surface area contributed by atoms with Gasteiger partial charge in [-0.2, -0.15) is 8.78 Å². The zero-order valence-corrected chi connectivity index (χ0v) is 18.9. The van der Waals surface area contributed by atoms with Gasteiger partial charge in [-0.1, -0.05) is 23.2 Å². The van der Waals surface area contributed by atoms with Crippen molar-refractivity contribution in [1.29, 1.82) is 0 Å². The maximum atomic E-state index is 12.9. The number of amides is 1. The van der Waals surface area contributed by atoms with E-state index < -0.39 is 6.61 Å². The Morgan fingerprint density at radius 2 is 1.78 bits per heavy atom. The molecule has 3 aromatic rings. The molecule has 1 fully saturated rings. The number of halogens is 4. The number of nitrogens with zero attached hydrogens (tertiary/aromatic N) is 3. The lowest BCUT2D eigenvalue weighted by atomic mass is 10.2. The molecule has 168 valence electrons. The maximum absolute atomic E-state index is 12.9. The van der Waals surface area contributed by atoms with Crippen molar-refractivity contribution >= 4 is 57.0 Å². The Morgan fingerprint density at radius 1 is 1.06 bits per heavy atom. The minimum Gasteiger partial charge on any atom is -0.435 e. The summed E-state index contributed by atoms with van der Waals surface area (Å²) in [4.78, 5) is 21.1. The number of ether oxygens (including phenoxy) is 1. The van der Waals surface area contributed by atoms with Crippen molar-refractivity contribution in [3.05, 3.63) is 63.6 Å². The lowest BCUT2D eigenvalue weighted by molar-refractivity contribution is -0.0498. The average Bonchev–Trinajstić information content (AvgIpc) is 3.25. The third kappa shape index (κ3) is 5.40. The molecule has 2 heterocycles. The first-order chi connectivity index (χ1) is 15.4. The molecule has 1 aliphatic rings. The van der Waals surface area contributed by atoms with Crippen molar-refractivity contribution in [2.24, 2.45) is 0 Å². The number of carbonyl (C=O) groups excluding carboxylic acids is 1. The third-order valence-electron chi connectivity index (χ3n) is 4.89. The van der Waals surface area contributed by atoms with Gasteiger partial charge in [0.1, 0.15) is 11.4 Å². The first-order valence-electron chi connectivity index (χ1n) is 9.66. The molecule has 2 aromatic carbocycles. The van der Waals surface area contributed by atoms with E-state index in [1.165, 1.54) is 23.5 Å². The number of anilines is 3. The van der Waals surface area contributed by atoms with Crippen molar-refractivity contribution in [2.45, 2.75) is 6.61 Å². The van der Waals surface area contributed by atoms with Crippen LogP contribution < -0.4 is 15.0 Å². The van der Waals surface area contributed by atoms with Crippen LogP contribution >= 0.6 is 34.5 Å². The van der Waals surface area contributed by atoms with Crippen LogP contribution in [-0.4, -0.2) is 48.6 Å². The van der Waals surface area contributed by atoms with Crippen LogP contribution in [0.5, 0.6) is 5.75 Å². The fourth-order valence-corrected chi connectivity index (χ4v) is 4.28. The van der Waals surface area contributed by atoms with E-state index in [9.17, 15) is 13.6 Å². The van der Waals surface area contributed by atoms with Crippen LogP contribution in [0.4, 0.5) is 25.3 Å². The zero-order valence-electron chi connectivity index (χ0n) is 16.6. The molecule has 0 radical (unpaired) electrons. The molecule has 0 bridgehead atoms. The quantitative estimate of drug-likeness (QED) is 0.468. The van der Waals surface area contributed by atoms with E-state index in [0.717, 1.165) is 5.69 Å². The summed E-state index contributed by atoms with van der Waals surface area (Å²) in [6.45, 7) is -0.402. The second-order valence-corrected chi connectivity index (χ2v) is 8.62. The van der Waals surface area contributed by atoms with Gasteiger partial charge in [0, 0.05) is 42.9 Å². The summed E-state index contributed by atoms with van der Waals surface area (Å²) in [6, 6.07) is 11.6. The number of aromatic nitrogens is 1. The number of hydrogen-bond donors (Lipinski definition) is 1. The molecule has 1 saturated heterocycles. The largest absolute Gasteiger partial charge is 0.435 e. The van der Waals surface area contributed by atoms with E-state index in [1.807, 2.05) is 12.1 Å². The second kappa shape index (κ2) is 9.89. The number of thiazole rings is 1. The Bertz CT molecular complexity index is 1090. The van der Waals surface area contributed by atoms with Gasteiger partial charge in [0.2, 0.25) is 0 Å². The van der Waals surface area contributed by atoms with Crippen molar-refractivity contribution < 1.29 is 18.3 Å². The Morgan fingerprint density at radius 3 is 2.44 bits per heavy atom. The predicted octanol–water partition coefficient (Wildman–Crippen LogP) is 5.76. The highest BCUT2D eigenvalue weighted by Gasteiger charge is 2.24. The fourth-order valence-electron chi connectivity index (χ4n) is 3.28. The van der Waals surface area contributed by atoms with E-state index in [0.29, 0.717) is 52.7 Å². The normalized spacial score (nSPS) is 14.0. The molecule has 0 aliphatic carbocycles. The fraction of sp³-hybridized carbons (Fsp3) is 0.238. The molecule has 0 saturated carbocycles. The zero-order chi connectivity index (χ0) is 22.7. The molecule has 0 spiro atoms. The van der Waals surface area contributed by atoms with E-state index >= 15 is 0 Å². The Balaban J connectivity index is 1.33. The molecule has 6 nitrogen and oxygen atoms in total. The molecule has 0 unspecified atom stereocenters. The van der Waals surface area contributed by atoms with Crippen molar-refractivity contribution in [3.63, 3.8) is 0 Å². The predicted molar refractivity (Wildman–Crippen MR) is 123 cm³/mol. The van der Waals surface area contributed by atoms with Gasteiger partial charge < -0.3 is 19.9 Å². The van der Waals surface area contributed by atoms with Gasteiger partial charge in [0.15, 0.2) is 5.13 Å². The topological polar surface area (TPSA) is 57.7 Å². The number of piperazine rings is 1. The minimum atomic E-state index is -2.87. The molecule has 1 aliphatic heterocycles. The summed E-state index contributed by atoms with van der Waals surface area (Å²) < 4.78 is 28.8. The molecule has 1 N–H and O–H groups in total. The number of nitrogens with one attached hydrogen (secondary N) is 1. The van der Waals surface area contributed by atoms with Gasteiger partial charge in [-0.15, -0.1) is 11.3 Å². The summed E-state index contributed by atoms with van der Waals surface area (Å²) in [5.74, 6) is -0.0654. The second-order valence-electron chi connectivity index (χ2n) is 6.94.